The van der Waals surface area contributed by atoms with Crippen molar-refractivity contribution in [3.63, 3.8) is 0 Å². The van der Waals surface area contributed by atoms with Crippen LogP contribution >= 0.6 is 11.8 Å². The van der Waals surface area contributed by atoms with Crippen molar-refractivity contribution in [3.05, 3.63) is 71.8 Å². The molecule has 4 rings (SSSR count). The van der Waals surface area contributed by atoms with Gasteiger partial charge in [0.15, 0.2) is 0 Å². The second-order valence-corrected chi connectivity index (χ2v) is 9.19. The van der Waals surface area contributed by atoms with E-state index in [1.807, 2.05) is 48.5 Å². The molecule has 1 atom stereocenters. The van der Waals surface area contributed by atoms with Gasteiger partial charge in [-0.15, -0.1) is 0 Å². The minimum Gasteiger partial charge on any atom is -0.497 e. The van der Waals surface area contributed by atoms with Crippen LogP contribution in [0, 0.1) is 0 Å². The fraction of sp³-hybridized carbons (Fsp3) is 0.222. The first-order chi connectivity index (χ1) is 17.4. The molecular weight excluding hydrogens is 482 g/mol. The van der Waals surface area contributed by atoms with E-state index in [0.717, 1.165) is 34.0 Å². The van der Waals surface area contributed by atoms with Crippen LogP contribution in [0.5, 0.6) is 23.0 Å². The Morgan fingerprint density at radius 2 is 1.53 bits per heavy atom. The Hall–Kier alpha value is -3.98. The fourth-order valence-electron chi connectivity index (χ4n) is 3.77. The van der Waals surface area contributed by atoms with Crippen LogP contribution in [0.2, 0.25) is 0 Å². The molecule has 186 valence electrons. The minimum absolute atomic E-state index is 0.120. The Bertz CT molecular complexity index is 1270. The van der Waals surface area contributed by atoms with Gasteiger partial charge in [0, 0.05) is 11.6 Å². The number of thioether (sulfide) groups is 1. The summed E-state index contributed by atoms with van der Waals surface area (Å²) in [5.41, 5.74) is 3.22. The summed E-state index contributed by atoms with van der Waals surface area (Å²) in [7, 11) is 4.51. The van der Waals surface area contributed by atoms with Gasteiger partial charge in [0.2, 0.25) is 5.91 Å². The molecule has 8 nitrogen and oxygen atoms in total. The first-order valence-electron chi connectivity index (χ1n) is 11.1. The first-order valence-corrected chi connectivity index (χ1v) is 12.0. The number of esters is 1. The zero-order valence-corrected chi connectivity index (χ0v) is 20.8. The monoisotopic (exact) mass is 507 g/mol. The van der Waals surface area contributed by atoms with Gasteiger partial charge < -0.3 is 18.9 Å². The van der Waals surface area contributed by atoms with Gasteiger partial charge in [0.05, 0.1) is 33.0 Å². The molecular formula is C27H25NO7S. The summed E-state index contributed by atoms with van der Waals surface area (Å²) in [6.07, 6.45) is 0.564. The molecule has 1 saturated heterocycles. The maximum absolute atomic E-state index is 11.9. The van der Waals surface area contributed by atoms with E-state index in [0.29, 0.717) is 29.4 Å². The van der Waals surface area contributed by atoms with Gasteiger partial charge in [-0.25, -0.2) is 0 Å². The third-order valence-corrected chi connectivity index (χ3v) is 6.60. The number of benzene rings is 3. The van der Waals surface area contributed by atoms with Crippen molar-refractivity contribution >= 4 is 28.9 Å². The van der Waals surface area contributed by atoms with Crippen LogP contribution < -0.4 is 19.5 Å². The van der Waals surface area contributed by atoms with E-state index < -0.39 is 5.25 Å². The van der Waals surface area contributed by atoms with Crippen LogP contribution in [0.1, 0.15) is 11.1 Å². The number of nitrogens with one attached hydrogen (secondary N) is 1. The number of methoxy groups -OCH3 is 3. The van der Waals surface area contributed by atoms with Crippen molar-refractivity contribution in [1.82, 2.24) is 5.32 Å². The van der Waals surface area contributed by atoms with Crippen LogP contribution in [0.25, 0.3) is 11.1 Å². The zero-order valence-electron chi connectivity index (χ0n) is 20.0. The van der Waals surface area contributed by atoms with Gasteiger partial charge in [-0.05, 0) is 59.5 Å². The lowest BCUT2D eigenvalue weighted by Crippen LogP contribution is -2.25. The van der Waals surface area contributed by atoms with E-state index >= 15 is 0 Å². The Morgan fingerprint density at radius 1 is 0.861 bits per heavy atom. The van der Waals surface area contributed by atoms with E-state index in [1.54, 1.807) is 26.4 Å². The third kappa shape index (κ3) is 5.98. The summed E-state index contributed by atoms with van der Waals surface area (Å²) in [4.78, 5) is 35.1. The lowest BCUT2D eigenvalue weighted by Gasteiger charge is -2.15. The maximum atomic E-state index is 11.9. The molecule has 0 bridgehead atoms. The van der Waals surface area contributed by atoms with Gasteiger partial charge in [0.1, 0.15) is 23.0 Å². The molecule has 1 N–H and O–H groups in total. The molecule has 1 aliphatic heterocycles. The topological polar surface area (TPSA) is 100 Å². The predicted octanol–water partition coefficient (Wildman–Crippen LogP) is 4.77. The highest BCUT2D eigenvalue weighted by molar-refractivity contribution is 8.15. The van der Waals surface area contributed by atoms with E-state index in [4.69, 9.17) is 18.9 Å². The van der Waals surface area contributed by atoms with Crippen LogP contribution in [-0.2, 0) is 27.2 Å². The molecule has 36 heavy (non-hydrogen) atoms. The number of carbonyl (C=O) groups is 3. The Labute approximate surface area is 212 Å². The lowest BCUT2D eigenvalue weighted by molar-refractivity contribution is -0.139. The zero-order chi connectivity index (χ0) is 25.7. The summed E-state index contributed by atoms with van der Waals surface area (Å²) in [5, 5.41) is 1.56. The van der Waals surface area contributed by atoms with E-state index in [9.17, 15) is 14.4 Å². The van der Waals surface area contributed by atoms with Gasteiger partial charge in [-0.2, -0.15) is 0 Å². The summed E-state index contributed by atoms with van der Waals surface area (Å²) in [6, 6.07) is 18.4. The second kappa shape index (κ2) is 11.2. The average molecular weight is 508 g/mol. The normalized spacial score (nSPS) is 14.8. The summed E-state index contributed by atoms with van der Waals surface area (Å²) >= 11 is 1.00. The number of hydrogen-bond acceptors (Lipinski definition) is 8. The maximum Gasteiger partial charge on any atom is 0.309 e. The van der Waals surface area contributed by atoms with E-state index in [2.05, 4.69) is 5.32 Å². The van der Waals surface area contributed by atoms with Gasteiger partial charge in [0.25, 0.3) is 5.24 Å². The lowest BCUT2D eigenvalue weighted by atomic mass is 10.00. The van der Waals surface area contributed by atoms with Crippen LogP contribution in [0.4, 0.5) is 4.79 Å². The number of ether oxygens (including phenoxy) is 4. The van der Waals surface area contributed by atoms with Crippen molar-refractivity contribution in [2.24, 2.45) is 0 Å². The molecule has 0 aromatic heterocycles. The molecule has 1 heterocycles. The highest BCUT2D eigenvalue weighted by Gasteiger charge is 2.31. The highest BCUT2D eigenvalue weighted by atomic mass is 32.2. The third-order valence-electron chi connectivity index (χ3n) is 5.62. The van der Waals surface area contributed by atoms with Crippen LogP contribution in [-0.4, -0.2) is 43.7 Å². The molecule has 1 aliphatic rings. The van der Waals surface area contributed by atoms with Gasteiger partial charge in [-0.1, -0.05) is 30.0 Å². The molecule has 0 saturated carbocycles. The summed E-state index contributed by atoms with van der Waals surface area (Å²) < 4.78 is 21.9. The molecule has 9 heteroatoms. The van der Waals surface area contributed by atoms with Crippen molar-refractivity contribution in [2.45, 2.75) is 18.1 Å². The Balaban J connectivity index is 1.63. The van der Waals surface area contributed by atoms with Crippen molar-refractivity contribution in [1.29, 1.82) is 0 Å². The molecule has 0 radical (unpaired) electrons. The standard InChI is InChI=1S/C27H25NO7S/c1-32-20-13-18(14-21(15-20)33-2)22-10-17(12-25(29)34-3)6-9-23(22)35-19-7-4-16(5-8-19)11-24-26(30)28-27(31)36-24/h4-10,13-15,24H,11-12H2,1-3H3,(H,28,30,31). The largest absolute Gasteiger partial charge is 0.497 e. The van der Waals surface area contributed by atoms with Crippen LogP contribution in [0.15, 0.2) is 60.7 Å². The quantitative estimate of drug-likeness (QED) is 0.414. The molecule has 3 aromatic carbocycles. The first kappa shape index (κ1) is 25.1. The number of hydrogen-bond donors (Lipinski definition) is 1. The minimum atomic E-state index is -0.429. The summed E-state index contributed by atoms with van der Waals surface area (Å²) in [6.45, 7) is 0. The Kier molecular flexibility index (Phi) is 7.80. The molecule has 0 aliphatic carbocycles. The van der Waals surface area contributed by atoms with Crippen LogP contribution in [0.3, 0.4) is 0 Å². The van der Waals surface area contributed by atoms with Gasteiger partial charge >= 0.3 is 5.97 Å². The summed E-state index contributed by atoms with van der Waals surface area (Å²) in [5.74, 6) is 1.79. The van der Waals surface area contributed by atoms with Gasteiger partial charge in [-0.3, -0.25) is 19.7 Å². The highest BCUT2D eigenvalue weighted by Crippen LogP contribution is 2.38. The van der Waals surface area contributed by atoms with Crippen molar-refractivity contribution in [3.8, 4) is 34.1 Å². The molecule has 0 spiro atoms. The number of carbonyl (C=O) groups excluding carboxylic acids is 3. The SMILES string of the molecule is COC(=O)Cc1ccc(Oc2ccc(CC3SC(=O)NC3=O)cc2)c(-c2cc(OC)cc(OC)c2)c1. The number of rotatable bonds is 9. The Morgan fingerprint density at radius 3 is 2.11 bits per heavy atom. The van der Waals surface area contributed by atoms with Crippen molar-refractivity contribution in [2.75, 3.05) is 21.3 Å². The average Bonchev–Trinajstić information content (AvgIpc) is 3.21. The fourth-order valence-corrected chi connectivity index (χ4v) is 4.63. The molecule has 2 amide bonds. The van der Waals surface area contributed by atoms with Crippen molar-refractivity contribution < 1.29 is 33.3 Å². The molecule has 1 unspecified atom stereocenters. The van der Waals surface area contributed by atoms with E-state index in [1.165, 1.54) is 7.11 Å². The second-order valence-electron chi connectivity index (χ2n) is 8.02. The number of imide groups is 1. The molecule has 1 fully saturated rings. The number of amides is 2. The smallest absolute Gasteiger partial charge is 0.309 e. The molecule has 3 aromatic rings. The van der Waals surface area contributed by atoms with E-state index in [-0.39, 0.29) is 23.5 Å². The predicted molar refractivity (Wildman–Crippen MR) is 136 cm³/mol.